The van der Waals surface area contributed by atoms with E-state index in [1.165, 1.54) is 19.3 Å². The molecule has 0 bridgehead atoms. The van der Waals surface area contributed by atoms with E-state index in [-0.39, 0.29) is 0 Å². The summed E-state index contributed by atoms with van der Waals surface area (Å²) < 4.78 is 6.25. The van der Waals surface area contributed by atoms with Crippen molar-refractivity contribution >= 4 is 0 Å². The lowest BCUT2D eigenvalue weighted by atomic mass is 10.2. The molecule has 4 rings (SSSR count). The van der Waals surface area contributed by atoms with Crippen LogP contribution in [0.15, 0.2) is 36.9 Å². The van der Waals surface area contributed by atoms with Crippen LogP contribution in [0.2, 0.25) is 0 Å². The topological polar surface area (TPSA) is 53.5 Å². The first-order valence-electron chi connectivity index (χ1n) is 7.47. The second-order valence-corrected chi connectivity index (χ2v) is 5.48. The molecule has 1 aliphatic heterocycles. The number of rotatable bonds is 3. The standard InChI is InChI=1S/C15H18N6/c1-2-6-14-17-18-15(21(14)9-3-1)12-20-11-13(10-16-20)19-7-4-5-8-19/h4-5,7-8,10-11H,1-3,6,9,12H2. The molecule has 6 heteroatoms. The largest absolute Gasteiger partial charge is 0.321 e. The zero-order valence-corrected chi connectivity index (χ0v) is 11.9. The lowest BCUT2D eigenvalue weighted by Crippen LogP contribution is -2.10. The Labute approximate surface area is 123 Å². The zero-order chi connectivity index (χ0) is 14.1. The first kappa shape index (κ1) is 12.4. The van der Waals surface area contributed by atoms with Gasteiger partial charge in [0, 0.05) is 31.6 Å². The van der Waals surface area contributed by atoms with Gasteiger partial charge in [-0.15, -0.1) is 10.2 Å². The van der Waals surface area contributed by atoms with E-state index in [1.807, 2.05) is 46.2 Å². The summed E-state index contributed by atoms with van der Waals surface area (Å²) in [5.41, 5.74) is 1.07. The zero-order valence-electron chi connectivity index (χ0n) is 11.9. The van der Waals surface area contributed by atoms with E-state index in [9.17, 15) is 0 Å². The highest BCUT2D eigenvalue weighted by atomic mass is 15.3. The molecule has 0 radical (unpaired) electrons. The molecule has 0 spiro atoms. The van der Waals surface area contributed by atoms with Crippen molar-refractivity contribution in [3.05, 3.63) is 48.6 Å². The molecule has 6 nitrogen and oxygen atoms in total. The highest BCUT2D eigenvalue weighted by molar-refractivity contribution is 5.26. The molecule has 0 amide bonds. The molecule has 0 unspecified atom stereocenters. The molecular formula is C15H18N6. The summed E-state index contributed by atoms with van der Waals surface area (Å²) in [5.74, 6) is 2.13. The Morgan fingerprint density at radius 1 is 1.05 bits per heavy atom. The Hall–Kier alpha value is -2.37. The molecule has 0 aliphatic carbocycles. The van der Waals surface area contributed by atoms with Crippen LogP contribution < -0.4 is 0 Å². The molecule has 3 aromatic heterocycles. The summed E-state index contributed by atoms with van der Waals surface area (Å²) in [6.07, 6.45) is 12.7. The molecule has 4 heterocycles. The van der Waals surface area contributed by atoms with Gasteiger partial charge >= 0.3 is 0 Å². The minimum atomic E-state index is 0.675. The van der Waals surface area contributed by atoms with Crippen LogP contribution in [0, 0.1) is 0 Å². The predicted octanol–water partition coefficient (Wildman–Crippen LogP) is 2.04. The number of nitrogens with zero attached hydrogens (tertiary/aromatic N) is 6. The van der Waals surface area contributed by atoms with Gasteiger partial charge in [-0.2, -0.15) is 5.10 Å². The lowest BCUT2D eigenvalue weighted by Gasteiger charge is -2.06. The summed E-state index contributed by atoms with van der Waals surface area (Å²) in [6, 6.07) is 4.02. The Morgan fingerprint density at radius 3 is 2.86 bits per heavy atom. The Bertz CT molecular complexity index is 721. The smallest absolute Gasteiger partial charge is 0.154 e. The van der Waals surface area contributed by atoms with Gasteiger partial charge in [-0.05, 0) is 25.0 Å². The minimum absolute atomic E-state index is 0.675. The van der Waals surface area contributed by atoms with Crippen LogP contribution in [-0.2, 0) is 19.5 Å². The van der Waals surface area contributed by atoms with Crippen LogP contribution in [0.4, 0.5) is 0 Å². The van der Waals surface area contributed by atoms with Crippen LogP contribution in [0.1, 0.15) is 30.9 Å². The maximum Gasteiger partial charge on any atom is 0.154 e. The highest BCUT2D eigenvalue weighted by Crippen LogP contribution is 2.15. The van der Waals surface area contributed by atoms with Gasteiger partial charge in [0.05, 0.1) is 11.9 Å². The van der Waals surface area contributed by atoms with Crippen LogP contribution in [0.5, 0.6) is 0 Å². The summed E-state index contributed by atoms with van der Waals surface area (Å²) in [7, 11) is 0. The average molecular weight is 282 g/mol. The van der Waals surface area contributed by atoms with Crippen molar-refractivity contribution in [2.45, 2.75) is 38.8 Å². The second kappa shape index (κ2) is 5.20. The van der Waals surface area contributed by atoms with Crippen LogP contribution in [0.3, 0.4) is 0 Å². The van der Waals surface area contributed by atoms with Gasteiger partial charge in [-0.3, -0.25) is 4.68 Å². The second-order valence-electron chi connectivity index (χ2n) is 5.48. The molecule has 0 N–H and O–H groups in total. The Kier molecular flexibility index (Phi) is 3.06. The average Bonchev–Trinajstić information content (AvgIpc) is 3.19. The molecule has 0 saturated heterocycles. The summed E-state index contributed by atoms with van der Waals surface area (Å²) in [5, 5.41) is 13.1. The number of hydrogen-bond donors (Lipinski definition) is 0. The van der Waals surface area contributed by atoms with Gasteiger partial charge in [-0.1, -0.05) is 6.42 Å². The first-order valence-corrected chi connectivity index (χ1v) is 7.47. The third-order valence-electron chi connectivity index (χ3n) is 4.01. The fourth-order valence-electron chi connectivity index (χ4n) is 2.89. The van der Waals surface area contributed by atoms with E-state index in [0.29, 0.717) is 6.54 Å². The quantitative estimate of drug-likeness (QED) is 0.738. The molecule has 0 atom stereocenters. The molecule has 0 aromatic carbocycles. The summed E-state index contributed by atoms with van der Waals surface area (Å²) in [6.45, 7) is 1.71. The van der Waals surface area contributed by atoms with Crippen molar-refractivity contribution in [3.8, 4) is 5.69 Å². The van der Waals surface area contributed by atoms with E-state index in [4.69, 9.17) is 0 Å². The van der Waals surface area contributed by atoms with Crippen molar-refractivity contribution in [2.24, 2.45) is 0 Å². The predicted molar refractivity (Wildman–Crippen MR) is 78.2 cm³/mol. The highest BCUT2D eigenvalue weighted by Gasteiger charge is 2.15. The molecule has 0 saturated carbocycles. The van der Waals surface area contributed by atoms with Gasteiger partial charge in [0.15, 0.2) is 5.82 Å². The van der Waals surface area contributed by atoms with Crippen LogP contribution >= 0.6 is 0 Å². The number of aryl methyl sites for hydroxylation is 1. The van der Waals surface area contributed by atoms with Gasteiger partial charge in [-0.25, -0.2) is 0 Å². The normalized spacial score (nSPS) is 14.9. The van der Waals surface area contributed by atoms with Crippen molar-refractivity contribution in [3.63, 3.8) is 0 Å². The van der Waals surface area contributed by atoms with Crippen LogP contribution in [0.25, 0.3) is 5.69 Å². The third kappa shape index (κ3) is 2.37. The summed E-state index contributed by atoms with van der Waals surface area (Å²) in [4.78, 5) is 0. The maximum absolute atomic E-state index is 4.43. The molecule has 0 fully saturated rings. The number of aromatic nitrogens is 6. The number of fused-ring (bicyclic) bond motifs is 1. The SMILES string of the molecule is c1ccn(-c2cnn(Cc3nnc4n3CCCCC4)c2)c1. The van der Waals surface area contributed by atoms with E-state index >= 15 is 0 Å². The van der Waals surface area contributed by atoms with E-state index in [0.717, 1.165) is 30.3 Å². The van der Waals surface area contributed by atoms with Crippen molar-refractivity contribution in [1.29, 1.82) is 0 Å². The summed E-state index contributed by atoms with van der Waals surface area (Å²) >= 11 is 0. The lowest BCUT2D eigenvalue weighted by molar-refractivity contribution is 0.568. The van der Waals surface area contributed by atoms with E-state index in [1.54, 1.807) is 0 Å². The van der Waals surface area contributed by atoms with Crippen LogP contribution in [-0.4, -0.2) is 29.1 Å². The fourth-order valence-corrected chi connectivity index (χ4v) is 2.89. The monoisotopic (exact) mass is 282 g/mol. The van der Waals surface area contributed by atoms with E-state index < -0.39 is 0 Å². The number of hydrogen-bond acceptors (Lipinski definition) is 3. The molecule has 108 valence electrons. The van der Waals surface area contributed by atoms with Crippen molar-refractivity contribution < 1.29 is 0 Å². The fraction of sp³-hybridized carbons (Fsp3) is 0.400. The molecular weight excluding hydrogens is 264 g/mol. The molecule has 21 heavy (non-hydrogen) atoms. The third-order valence-corrected chi connectivity index (χ3v) is 4.01. The van der Waals surface area contributed by atoms with Gasteiger partial charge < -0.3 is 9.13 Å². The first-order chi connectivity index (χ1) is 10.4. The van der Waals surface area contributed by atoms with Crippen molar-refractivity contribution in [1.82, 2.24) is 29.1 Å². The maximum atomic E-state index is 4.43. The molecule has 3 aromatic rings. The Morgan fingerprint density at radius 2 is 1.95 bits per heavy atom. The molecule has 1 aliphatic rings. The van der Waals surface area contributed by atoms with Gasteiger partial charge in [0.2, 0.25) is 0 Å². The van der Waals surface area contributed by atoms with Gasteiger partial charge in [0.25, 0.3) is 0 Å². The minimum Gasteiger partial charge on any atom is -0.321 e. The van der Waals surface area contributed by atoms with Gasteiger partial charge in [0.1, 0.15) is 12.4 Å². The van der Waals surface area contributed by atoms with E-state index in [2.05, 4.69) is 19.9 Å². The Balaban J connectivity index is 1.58. The van der Waals surface area contributed by atoms with Crippen molar-refractivity contribution in [2.75, 3.05) is 0 Å².